The second-order valence-electron chi connectivity index (χ2n) is 4.00. The van der Waals surface area contributed by atoms with E-state index in [0.717, 1.165) is 12.8 Å². The van der Waals surface area contributed by atoms with Gasteiger partial charge < -0.3 is 4.74 Å². The summed E-state index contributed by atoms with van der Waals surface area (Å²) in [5.74, 6) is -0.547. The summed E-state index contributed by atoms with van der Waals surface area (Å²) in [6.07, 6.45) is 1.67. The monoisotopic (exact) mass is 368 g/mol. The molecule has 0 heterocycles. The van der Waals surface area contributed by atoms with Gasteiger partial charge in [-0.3, -0.25) is 0 Å². The molecule has 19 heavy (non-hydrogen) atoms. The number of unbranched alkanes of at least 4 members (excludes halogenated alkanes) is 1. The molecule has 0 aliphatic carbocycles. The molecule has 7 heteroatoms. The van der Waals surface area contributed by atoms with Crippen LogP contribution in [0.4, 0.5) is 0 Å². The molecule has 0 aliphatic rings. The fraction of sp³-hybridized carbons (Fsp3) is 0.417. The Morgan fingerprint density at radius 3 is 2.58 bits per heavy atom. The minimum Gasteiger partial charge on any atom is -0.462 e. The normalized spacial score (nSPS) is 11.4. The van der Waals surface area contributed by atoms with Crippen LogP contribution in [0.25, 0.3) is 0 Å². The molecule has 0 spiro atoms. The minimum absolute atomic E-state index is 0.130. The van der Waals surface area contributed by atoms with Crippen molar-refractivity contribution in [2.24, 2.45) is 0 Å². The van der Waals surface area contributed by atoms with E-state index < -0.39 is 15.0 Å². The van der Waals surface area contributed by atoms with E-state index in [4.69, 9.17) is 15.4 Å². The van der Waals surface area contributed by atoms with Gasteiger partial charge in [-0.2, -0.15) is 0 Å². The SMILES string of the molecule is CCCCOC(=O)c1cc(S(=O)(=O)Cl)cc(Br)c1C. The quantitative estimate of drug-likeness (QED) is 0.451. The van der Waals surface area contributed by atoms with Gasteiger partial charge >= 0.3 is 5.97 Å². The first-order valence-electron chi connectivity index (χ1n) is 5.69. The Bertz CT molecular complexity index is 584. The zero-order valence-corrected chi connectivity index (χ0v) is 13.7. The molecular weight excluding hydrogens is 356 g/mol. The predicted octanol–water partition coefficient (Wildman–Crippen LogP) is 3.64. The van der Waals surface area contributed by atoms with Gasteiger partial charge in [0.2, 0.25) is 0 Å². The highest BCUT2D eigenvalue weighted by molar-refractivity contribution is 9.10. The Kier molecular flexibility index (Phi) is 5.82. The number of ether oxygens (including phenoxy) is 1. The van der Waals surface area contributed by atoms with E-state index in [1.807, 2.05) is 6.92 Å². The first-order valence-corrected chi connectivity index (χ1v) is 8.79. The van der Waals surface area contributed by atoms with Crippen molar-refractivity contribution in [3.05, 3.63) is 27.7 Å². The Labute approximate surface area is 125 Å². The summed E-state index contributed by atoms with van der Waals surface area (Å²) in [7, 11) is 1.40. The molecule has 0 saturated heterocycles. The third-order valence-corrected chi connectivity index (χ3v) is 4.71. The van der Waals surface area contributed by atoms with E-state index >= 15 is 0 Å². The molecule has 0 saturated carbocycles. The van der Waals surface area contributed by atoms with Crippen molar-refractivity contribution in [3.8, 4) is 0 Å². The Hall–Kier alpha value is -0.590. The second-order valence-corrected chi connectivity index (χ2v) is 7.43. The standard InChI is InChI=1S/C12H14BrClO4S/c1-3-4-5-18-12(15)10-6-9(19(14,16)17)7-11(13)8(10)2/h6-7H,3-5H2,1-2H3. The summed E-state index contributed by atoms with van der Waals surface area (Å²) in [6.45, 7) is 3.99. The van der Waals surface area contributed by atoms with Gasteiger partial charge in [0, 0.05) is 15.2 Å². The van der Waals surface area contributed by atoms with Crippen molar-refractivity contribution in [2.75, 3.05) is 6.61 Å². The largest absolute Gasteiger partial charge is 0.462 e. The van der Waals surface area contributed by atoms with Crippen molar-refractivity contribution in [3.63, 3.8) is 0 Å². The second kappa shape index (κ2) is 6.72. The lowest BCUT2D eigenvalue weighted by atomic mass is 10.1. The zero-order chi connectivity index (χ0) is 14.6. The number of carbonyl (C=O) groups is 1. The maximum atomic E-state index is 11.9. The van der Waals surface area contributed by atoms with Crippen molar-refractivity contribution in [1.82, 2.24) is 0 Å². The van der Waals surface area contributed by atoms with E-state index in [-0.39, 0.29) is 10.5 Å². The molecule has 1 aromatic rings. The highest BCUT2D eigenvalue weighted by Crippen LogP contribution is 2.27. The van der Waals surface area contributed by atoms with Gasteiger partial charge in [0.25, 0.3) is 9.05 Å². The zero-order valence-electron chi connectivity index (χ0n) is 10.6. The summed E-state index contributed by atoms with van der Waals surface area (Å²) >= 11 is 3.21. The third-order valence-electron chi connectivity index (χ3n) is 2.55. The highest BCUT2D eigenvalue weighted by Gasteiger charge is 2.19. The summed E-state index contributed by atoms with van der Waals surface area (Å²) < 4.78 is 28.2. The molecule has 0 amide bonds. The summed E-state index contributed by atoms with van der Waals surface area (Å²) in [5.41, 5.74) is 0.815. The number of benzene rings is 1. The van der Waals surface area contributed by atoms with Gasteiger partial charge in [-0.05, 0) is 31.0 Å². The number of hydrogen-bond acceptors (Lipinski definition) is 4. The van der Waals surface area contributed by atoms with Crippen LogP contribution in [-0.4, -0.2) is 21.0 Å². The fourth-order valence-corrected chi connectivity index (χ4v) is 2.79. The van der Waals surface area contributed by atoms with Crippen molar-refractivity contribution >= 4 is 41.6 Å². The van der Waals surface area contributed by atoms with E-state index in [0.29, 0.717) is 16.6 Å². The summed E-state index contributed by atoms with van der Waals surface area (Å²) in [4.78, 5) is 11.8. The Morgan fingerprint density at radius 2 is 2.05 bits per heavy atom. The number of hydrogen-bond donors (Lipinski definition) is 0. The average Bonchev–Trinajstić information content (AvgIpc) is 2.31. The fourth-order valence-electron chi connectivity index (χ4n) is 1.39. The number of carbonyl (C=O) groups excluding carboxylic acids is 1. The molecular formula is C12H14BrClO4S. The lowest BCUT2D eigenvalue weighted by molar-refractivity contribution is 0.0498. The number of rotatable bonds is 5. The highest BCUT2D eigenvalue weighted by atomic mass is 79.9. The van der Waals surface area contributed by atoms with Crippen LogP contribution < -0.4 is 0 Å². The predicted molar refractivity (Wildman–Crippen MR) is 77.1 cm³/mol. The molecule has 0 atom stereocenters. The van der Waals surface area contributed by atoms with Crippen molar-refractivity contribution in [1.29, 1.82) is 0 Å². The van der Waals surface area contributed by atoms with Crippen LogP contribution in [0.5, 0.6) is 0 Å². The van der Waals surface area contributed by atoms with Gasteiger partial charge in [-0.15, -0.1) is 0 Å². The number of halogens is 2. The molecule has 0 N–H and O–H groups in total. The van der Waals surface area contributed by atoms with E-state index in [9.17, 15) is 13.2 Å². The molecule has 0 aromatic heterocycles. The van der Waals surface area contributed by atoms with E-state index in [2.05, 4.69) is 15.9 Å². The topological polar surface area (TPSA) is 60.4 Å². The van der Waals surface area contributed by atoms with Crippen molar-refractivity contribution < 1.29 is 17.9 Å². The van der Waals surface area contributed by atoms with E-state index in [1.54, 1.807) is 6.92 Å². The lowest BCUT2D eigenvalue weighted by Gasteiger charge is -2.09. The van der Waals surface area contributed by atoms with Crippen LogP contribution >= 0.6 is 26.6 Å². The van der Waals surface area contributed by atoms with Crippen molar-refractivity contribution in [2.45, 2.75) is 31.6 Å². The van der Waals surface area contributed by atoms with Gasteiger partial charge in [0.15, 0.2) is 0 Å². The lowest BCUT2D eigenvalue weighted by Crippen LogP contribution is -2.09. The molecule has 0 fully saturated rings. The summed E-state index contributed by atoms with van der Waals surface area (Å²) in [6, 6.07) is 2.59. The van der Waals surface area contributed by atoms with Crippen LogP contribution in [0, 0.1) is 6.92 Å². The number of esters is 1. The van der Waals surface area contributed by atoms with Gasteiger partial charge in [-0.25, -0.2) is 13.2 Å². The Morgan fingerprint density at radius 1 is 1.42 bits per heavy atom. The molecule has 0 aliphatic heterocycles. The van der Waals surface area contributed by atoms with Gasteiger partial charge in [0.1, 0.15) is 0 Å². The van der Waals surface area contributed by atoms with Crippen LogP contribution in [0.2, 0.25) is 0 Å². The maximum absolute atomic E-state index is 11.9. The average molecular weight is 370 g/mol. The maximum Gasteiger partial charge on any atom is 0.338 e. The first kappa shape index (κ1) is 16.5. The van der Waals surface area contributed by atoms with Gasteiger partial charge in [0.05, 0.1) is 17.1 Å². The molecule has 1 aromatic carbocycles. The molecule has 0 radical (unpaired) electrons. The molecule has 1 rings (SSSR count). The first-order chi connectivity index (χ1) is 8.77. The van der Waals surface area contributed by atoms with Crippen LogP contribution in [-0.2, 0) is 13.8 Å². The van der Waals surface area contributed by atoms with E-state index in [1.165, 1.54) is 12.1 Å². The molecule has 0 bridgehead atoms. The smallest absolute Gasteiger partial charge is 0.338 e. The molecule has 4 nitrogen and oxygen atoms in total. The molecule has 106 valence electrons. The summed E-state index contributed by atoms with van der Waals surface area (Å²) in [5, 5.41) is 0. The molecule has 0 unspecified atom stereocenters. The third kappa shape index (κ3) is 4.47. The van der Waals surface area contributed by atoms with Gasteiger partial charge in [-0.1, -0.05) is 29.3 Å². The minimum atomic E-state index is -3.89. The van der Waals surface area contributed by atoms with Crippen LogP contribution in [0.15, 0.2) is 21.5 Å². The van der Waals surface area contributed by atoms with Crippen LogP contribution in [0.3, 0.4) is 0 Å². The Balaban J connectivity index is 3.13. The van der Waals surface area contributed by atoms with Crippen LogP contribution in [0.1, 0.15) is 35.7 Å².